The highest BCUT2D eigenvalue weighted by Crippen LogP contribution is 2.17. The Balaban J connectivity index is 1.50. The zero-order valence-corrected chi connectivity index (χ0v) is 18.1. The summed E-state index contributed by atoms with van der Waals surface area (Å²) in [4.78, 5) is 21.4. The van der Waals surface area contributed by atoms with E-state index in [-0.39, 0.29) is 12.0 Å². The second kappa shape index (κ2) is 9.85. The Labute approximate surface area is 183 Å². The van der Waals surface area contributed by atoms with E-state index in [1.807, 2.05) is 66.3 Å². The Bertz CT molecular complexity index is 990. The SMILES string of the molecule is Cc1nn(C)cc1CN1CC(=O)N(Cc2cccnc2)C[C@@H](OCc2ccccc2)C1. The average molecular weight is 420 g/mol. The van der Waals surface area contributed by atoms with E-state index in [2.05, 4.69) is 27.1 Å². The third-order valence-electron chi connectivity index (χ3n) is 5.53. The molecule has 0 radical (unpaired) electrons. The molecule has 1 aliphatic rings. The Morgan fingerprint density at radius 2 is 1.87 bits per heavy atom. The maximum absolute atomic E-state index is 13.1. The van der Waals surface area contributed by atoms with Crippen LogP contribution in [0.25, 0.3) is 0 Å². The molecule has 4 rings (SSSR count). The minimum Gasteiger partial charge on any atom is -0.370 e. The van der Waals surface area contributed by atoms with E-state index in [0.717, 1.165) is 22.4 Å². The quantitative estimate of drug-likeness (QED) is 0.589. The van der Waals surface area contributed by atoms with Crippen molar-refractivity contribution in [2.24, 2.45) is 7.05 Å². The van der Waals surface area contributed by atoms with Gasteiger partial charge in [-0.3, -0.25) is 19.4 Å². The number of aryl methyl sites for hydroxylation is 2. The number of carbonyl (C=O) groups is 1. The molecule has 3 heterocycles. The third kappa shape index (κ3) is 5.77. The van der Waals surface area contributed by atoms with Crippen molar-refractivity contribution in [1.82, 2.24) is 24.6 Å². The maximum Gasteiger partial charge on any atom is 0.237 e. The smallest absolute Gasteiger partial charge is 0.237 e. The first kappa shape index (κ1) is 21.2. The van der Waals surface area contributed by atoms with Crippen molar-refractivity contribution in [2.75, 3.05) is 19.6 Å². The Morgan fingerprint density at radius 1 is 1.06 bits per heavy atom. The topological polar surface area (TPSA) is 63.5 Å². The first-order valence-corrected chi connectivity index (χ1v) is 10.6. The molecule has 0 N–H and O–H groups in total. The predicted octanol–water partition coefficient (Wildman–Crippen LogP) is 2.55. The summed E-state index contributed by atoms with van der Waals surface area (Å²) in [6.45, 7) is 5.36. The van der Waals surface area contributed by atoms with Gasteiger partial charge in [0.15, 0.2) is 0 Å². The van der Waals surface area contributed by atoms with Gasteiger partial charge in [-0.25, -0.2) is 0 Å². The summed E-state index contributed by atoms with van der Waals surface area (Å²) in [5.74, 6) is 0.108. The number of benzene rings is 1. The van der Waals surface area contributed by atoms with Crippen LogP contribution in [0.5, 0.6) is 0 Å². The van der Waals surface area contributed by atoms with Crippen molar-refractivity contribution in [2.45, 2.75) is 32.7 Å². The molecule has 1 aliphatic heterocycles. The summed E-state index contributed by atoms with van der Waals surface area (Å²) < 4.78 is 8.12. The molecule has 1 saturated heterocycles. The summed E-state index contributed by atoms with van der Waals surface area (Å²) in [5.41, 5.74) is 4.28. The van der Waals surface area contributed by atoms with E-state index in [9.17, 15) is 4.79 Å². The fourth-order valence-electron chi connectivity index (χ4n) is 3.97. The molecule has 7 heteroatoms. The van der Waals surface area contributed by atoms with E-state index >= 15 is 0 Å². The van der Waals surface area contributed by atoms with E-state index in [1.165, 1.54) is 0 Å². The first-order chi connectivity index (χ1) is 15.1. The van der Waals surface area contributed by atoms with Crippen molar-refractivity contribution in [3.63, 3.8) is 0 Å². The Hall–Kier alpha value is -3.03. The lowest BCUT2D eigenvalue weighted by molar-refractivity contribution is -0.132. The molecule has 31 heavy (non-hydrogen) atoms. The highest BCUT2D eigenvalue weighted by Gasteiger charge is 2.29. The van der Waals surface area contributed by atoms with Crippen molar-refractivity contribution in [1.29, 1.82) is 0 Å². The monoisotopic (exact) mass is 419 g/mol. The molecule has 1 atom stereocenters. The number of carbonyl (C=O) groups excluding carboxylic acids is 1. The van der Waals surface area contributed by atoms with E-state index in [0.29, 0.717) is 39.3 Å². The molecule has 0 unspecified atom stereocenters. The molecule has 1 amide bonds. The molecular weight excluding hydrogens is 390 g/mol. The molecule has 162 valence electrons. The summed E-state index contributed by atoms with van der Waals surface area (Å²) in [6.07, 6.45) is 5.50. The minimum atomic E-state index is -0.0831. The molecular formula is C24H29N5O2. The fourth-order valence-corrected chi connectivity index (χ4v) is 3.97. The second-order valence-electron chi connectivity index (χ2n) is 8.14. The van der Waals surface area contributed by atoms with Crippen molar-refractivity contribution in [3.05, 3.63) is 83.4 Å². The van der Waals surface area contributed by atoms with Crippen LogP contribution in [0, 0.1) is 6.92 Å². The lowest BCUT2D eigenvalue weighted by Crippen LogP contribution is -2.37. The van der Waals surface area contributed by atoms with Gasteiger partial charge in [0.05, 0.1) is 24.9 Å². The lowest BCUT2D eigenvalue weighted by Gasteiger charge is -2.25. The normalized spacial score (nSPS) is 17.7. The van der Waals surface area contributed by atoms with Crippen LogP contribution < -0.4 is 0 Å². The van der Waals surface area contributed by atoms with Gasteiger partial charge in [-0.1, -0.05) is 36.4 Å². The summed E-state index contributed by atoms with van der Waals surface area (Å²) >= 11 is 0. The molecule has 0 bridgehead atoms. The van der Waals surface area contributed by atoms with Crippen LogP contribution in [-0.4, -0.2) is 56.2 Å². The fraction of sp³-hybridized carbons (Fsp3) is 0.375. The summed E-state index contributed by atoms with van der Waals surface area (Å²) in [6, 6.07) is 14.1. The number of hydrogen-bond donors (Lipinski definition) is 0. The molecule has 0 saturated carbocycles. The summed E-state index contributed by atoms with van der Waals surface area (Å²) in [7, 11) is 1.92. The predicted molar refractivity (Wildman–Crippen MR) is 118 cm³/mol. The highest BCUT2D eigenvalue weighted by molar-refractivity contribution is 5.78. The molecule has 3 aromatic rings. The number of ether oxygens (including phenoxy) is 1. The van der Waals surface area contributed by atoms with Crippen molar-refractivity contribution in [3.8, 4) is 0 Å². The van der Waals surface area contributed by atoms with Crippen LogP contribution in [0.1, 0.15) is 22.4 Å². The van der Waals surface area contributed by atoms with Crippen LogP contribution in [0.15, 0.2) is 61.1 Å². The van der Waals surface area contributed by atoms with Crippen LogP contribution in [0.4, 0.5) is 0 Å². The van der Waals surface area contributed by atoms with Gasteiger partial charge in [-0.2, -0.15) is 5.10 Å². The van der Waals surface area contributed by atoms with Gasteiger partial charge in [-0.15, -0.1) is 0 Å². The minimum absolute atomic E-state index is 0.0831. The number of nitrogens with zero attached hydrogens (tertiary/aromatic N) is 5. The highest BCUT2D eigenvalue weighted by atomic mass is 16.5. The van der Waals surface area contributed by atoms with E-state index < -0.39 is 0 Å². The average Bonchev–Trinajstić information content (AvgIpc) is 3.00. The Kier molecular flexibility index (Phi) is 6.74. The Morgan fingerprint density at radius 3 is 2.58 bits per heavy atom. The van der Waals surface area contributed by atoms with Gasteiger partial charge in [0, 0.05) is 57.4 Å². The molecule has 2 aromatic heterocycles. The number of amides is 1. The van der Waals surface area contributed by atoms with Crippen LogP contribution >= 0.6 is 0 Å². The van der Waals surface area contributed by atoms with E-state index in [4.69, 9.17) is 4.74 Å². The standard InChI is InChI=1S/C24H29N5O2/c1-19-22(13-27(2)26-19)14-28-15-23(31-18-20-7-4-3-5-8-20)16-29(24(30)17-28)12-21-9-6-10-25-11-21/h3-11,13,23H,12,14-18H2,1-2H3/t23-/m0/s1. The zero-order chi connectivity index (χ0) is 21.6. The molecule has 0 spiro atoms. The largest absolute Gasteiger partial charge is 0.370 e. The van der Waals surface area contributed by atoms with Gasteiger partial charge in [0.25, 0.3) is 0 Å². The zero-order valence-electron chi connectivity index (χ0n) is 18.1. The van der Waals surface area contributed by atoms with Crippen LogP contribution in [0.2, 0.25) is 0 Å². The maximum atomic E-state index is 13.1. The number of aromatic nitrogens is 3. The third-order valence-corrected chi connectivity index (χ3v) is 5.53. The molecule has 0 aliphatic carbocycles. The van der Waals surface area contributed by atoms with Gasteiger partial charge in [-0.05, 0) is 24.1 Å². The van der Waals surface area contributed by atoms with Crippen LogP contribution in [-0.2, 0) is 36.3 Å². The summed E-state index contributed by atoms with van der Waals surface area (Å²) in [5, 5.41) is 4.44. The van der Waals surface area contributed by atoms with Gasteiger partial charge >= 0.3 is 0 Å². The molecule has 1 aromatic carbocycles. The van der Waals surface area contributed by atoms with E-state index in [1.54, 1.807) is 6.20 Å². The number of rotatable bonds is 7. The lowest BCUT2D eigenvalue weighted by atomic mass is 10.2. The number of hydrogen-bond acceptors (Lipinski definition) is 5. The second-order valence-corrected chi connectivity index (χ2v) is 8.14. The van der Waals surface area contributed by atoms with Crippen molar-refractivity contribution >= 4 is 5.91 Å². The first-order valence-electron chi connectivity index (χ1n) is 10.6. The van der Waals surface area contributed by atoms with Gasteiger partial charge in [0.1, 0.15) is 0 Å². The van der Waals surface area contributed by atoms with Crippen molar-refractivity contribution < 1.29 is 9.53 Å². The number of pyridine rings is 1. The molecule has 1 fully saturated rings. The molecule has 7 nitrogen and oxygen atoms in total. The van der Waals surface area contributed by atoms with Gasteiger partial charge < -0.3 is 9.64 Å². The van der Waals surface area contributed by atoms with Crippen LogP contribution in [0.3, 0.4) is 0 Å². The van der Waals surface area contributed by atoms with Gasteiger partial charge in [0.2, 0.25) is 5.91 Å².